The Labute approximate surface area is 153 Å². The Hall–Kier alpha value is -2.60. The maximum Gasteiger partial charge on any atom is 0.271 e. The number of H-pyrrole nitrogens is 1. The van der Waals surface area contributed by atoms with Crippen LogP contribution in [-0.2, 0) is 0 Å². The molecule has 6 nitrogen and oxygen atoms in total. The average Bonchev–Trinajstić information content (AvgIpc) is 2.95. The van der Waals surface area contributed by atoms with E-state index in [1.165, 1.54) is 6.92 Å². The first-order valence-corrected chi connectivity index (χ1v) is 8.80. The Kier molecular flexibility index (Phi) is 5.13. The molecule has 1 amide bonds. The summed E-state index contributed by atoms with van der Waals surface area (Å²) in [5.74, 6) is 0.648. The summed E-state index contributed by atoms with van der Waals surface area (Å²) in [6, 6.07) is 7.64. The molecular formula is C20H25N3O3. The van der Waals surface area contributed by atoms with Gasteiger partial charge in [0, 0.05) is 36.5 Å². The Morgan fingerprint density at radius 3 is 2.62 bits per heavy atom. The van der Waals surface area contributed by atoms with Crippen molar-refractivity contribution in [3.05, 3.63) is 52.3 Å². The smallest absolute Gasteiger partial charge is 0.271 e. The summed E-state index contributed by atoms with van der Waals surface area (Å²) in [6.07, 6.45) is 0. The van der Waals surface area contributed by atoms with Gasteiger partial charge in [0.05, 0.1) is 13.2 Å². The highest BCUT2D eigenvalue weighted by Gasteiger charge is 2.32. The van der Waals surface area contributed by atoms with E-state index in [1.807, 2.05) is 43.0 Å². The van der Waals surface area contributed by atoms with Crippen molar-refractivity contribution in [2.75, 3.05) is 26.7 Å². The van der Waals surface area contributed by atoms with Gasteiger partial charge < -0.3 is 19.9 Å². The van der Waals surface area contributed by atoms with Crippen LogP contribution in [0.3, 0.4) is 0 Å². The van der Waals surface area contributed by atoms with E-state index < -0.39 is 0 Å². The van der Waals surface area contributed by atoms with Crippen LogP contribution in [0.5, 0.6) is 5.75 Å². The van der Waals surface area contributed by atoms with E-state index in [0.717, 1.165) is 29.1 Å². The van der Waals surface area contributed by atoms with Gasteiger partial charge >= 0.3 is 0 Å². The number of amides is 1. The quantitative estimate of drug-likeness (QED) is 0.827. The number of piperazine rings is 1. The lowest BCUT2D eigenvalue weighted by molar-refractivity contribution is 0.0625. The Morgan fingerprint density at radius 1 is 1.23 bits per heavy atom. The predicted octanol–water partition coefficient (Wildman–Crippen LogP) is 2.63. The predicted molar refractivity (Wildman–Crippen MR) is 99.9 cm³/mol. The van der Waals surface area contributed by atoms with Gasteiger partial charge in [0.1, 0.15) is 11.4 Å². The van der Waals surface area contributed by atoms with Crippen molar-refractivity contribution in [1.82, 2.24) is 15.2 Å². The molecular weight excluding hydrogens is 330 g/mol. The topological polar surface area (TPSA) is 74.4 Å². The molecule has 1 aliphatic heterocycles. The van der Waals surface area contributed by atoms with Crippen molar-refractivity contribution in [2.45, 2.75) is 26.8 Å². The normalized spacial score (nSPS) is 17.2. The minimum atomic E-state index is -0.129. The molecule has 0 radical (unpaired) electrons. The second kappa shape index (κ2) is 7.33. The van der Waals surface area contributed by atoms with Crippen molar-refractivity contribution in [2.24, 2.45) is 0 Å². The largest absolute Gasteiger partial charge is 0.496 e. The number of aryl methyl sites for hydroxylation is 1. The molecule has 0 saturated carbocycles. The molecule has 138 valence electrons. The van der Waals surface area contributed by atoms with Crippen LogP contribution in [-0.4, -0.2) is 48.3 Å². The standard InChI is InChI=1S/C20H25N3O3/c1-12-18(14(3)24)13(2)22-19(12)20(25)23-10-9-21-11-16(23)15-7-5-6-8-17(15)26-4/h5-8,16,21-22H,9-11H2,1-4H3. The van der Waals surface area contributed by atoms with Crippen LogP contribution in [0, 0.1) is 13.8 Å². The number of benzene rings is 1. The van der Waals surface area contributed by atoms with Crippen LogP contribution in [0.1, 0.15) is 50.6 Å². The van der Waals surface area contributed by atoms with Gasteiger partial charge in [0.2, 0.25) is 0 Å². The number of hydrogen-bond donors (Lipinski definition) is 2. The molecule has 0 spiro atoms. The van der Waals surface area contributed by atoms with Gasteiger partial charge in [-0.1, -0.05) is 18.2 Å². The van der Waals surface area contributed by atoms with Crippen LogP contribution in [0.4, 0.5) is 0 Å². The zero-order valence-electron chi connectivity index (χ0n) is 15.7. The van der Waals surface area contributed by atoms with Crippen LogP contribution in [0.2, 0.25) is 0 Å². The van der Waals surface area contributed by atoms with Crippen molar-refractivity contribution >= 4 is 11.7 Å². The van der Waals surface area contributed by atoms with Gasteiger partial charge in [0.25, 0.3) is 5.91 Å². The summed E-state index contributed by atoms with van der Waals surface area (Å²) in [5, 5.41) is 3.36. The monoisotopic (exact) mass is 355 g/mol. The summed E-state index contributed by atoms with van der Waals surface area (Å²) in [5.41, 5.74) is 3.54. The fraction of sp³-hybridized carbons (Fsp3) is 0.400. The van der Waals surface area contributed by atoms with Crippen LogP contribution >= 0.6 is 0 Å². The Balaban J connectivity index is 1.99. The molecule has 1 aromatic carbocycles. The molecule has 2 heterocycles. The van der Waals surface area contributed by atoms with Crippen molar-refractivity contribution in [3.8, 4) is 5.75 Å². The number of methoxy groups -OCH3 is 1. The number of Topliss-reactive ketones (excluding diaryl/α,β-unsaturated/α-hetero) is 1. The SMILES string of the molecule is COc1ccccc1C1CNCCN1C(=O)c1[nH]c(C)c(C(C)=O)c1C. The fourth-order valence-electron chi connectivity index (χ4n) is 3.80. The van der Waals surface area contributed by atoms with E-state index in [2.05, 4.69) is 10.3 Å². The molecule has 2 N–H and O–H groups in total. The maximum absolute atomic E-state index is 13.3. The summed E-state index contributed by atoms with van der Waals surface area (Å²) in [6.45, 7) is 7.16. The average molecular weight is 355 g/mol. The molecule has 1 atom stereocenters. The number of carbonyl (C=O) groups excluding carboxylic acids is 2. The van der Waals surface area contributed by atoms with Gasteiger partial charge in [-0.05, 0) is 32.4 Å². The molecule has 1 saturated heterocycles. The van der Waals surface area contributed by atoms with Gasteiger partial charge in [-0.3, -0.25) is 9.59 Å². The second-order valence-corrected chi connectivity index (χ2v) is 6.64. The molecule has 1 aromatic heterocycles. The zero-order chi connectivity index (χ0) is 18.8. The van der Waals surface area contributed by atoms with Crippen molar-refractivity contribution in [3.63, 3.8) is 0 Å². The van der Waals surface area contributed by atoms with Crippen molar-refractivity contribution < 1.29 is 14.3 Å². The summed E-state index contributed by atoms with van der Waals surface area (Å²) < 4.78 is 5.49. The highest BCUT2D eigenvalue weighted by molar-refractivity contribution is 6.02. The van der Waals surface area contributed by atoms with Gasteiger partial charge in [-0.25, -0.2) is 0 Å². The van der Waals surface area contributed by atoms with E-state index in [-0.39, 0.29) is 17.7 Å². The molecule has 26 heavy (non-hydrogen) atoms. The molecule has 0 aliphatic carbocycles. The first-order valence-electron chi connectivity index (χ1n) is 8.80. The third-order valence-electron chi connectivity index (χ3n) is 5.01. The Bertz CT molecular complexity index is 841. The number of nitrogens with zero attached hydrogens (tertiary/aromatic N) is 1. The number of rotatable bonds is 4. The number of nitrogens with one attached hydrogen (secondary N) is 2. The number of carbonyl (C=O) groups is 2. The molecule has 1 unspecified atom stereocenters. The maximum atomic E-state index is 13.3. The van der Waals surface area contributed by atoms with Gasteiger partial charge in [-0.15, -0.1) is 0 Å². The zero-order valence-corrected chi connectivity index (χ0v) is 15.7. The molecule has 3 rings (SSSR count). The molecule has 1 fully saturated rings. The minimum absolute atomic E-state index is 0.0307. The summed E-state index contributed by atoms with van der Waals surface area (Å²) in [4.78, 5) is 30.2. The number of aromatic nitrogens is 1. The number of hydrogen-bond acceptors (Lipinski definition) is 4. The highest BCUT2D eigenvalue weighted by Crippen LogP contribution is 2.32. The lowest BCUT2D eigenvalue weighted by Gasteiger charge is -2.37. The highest BCUT2D eigenvalue weighted by atomic mass is 16.5. The third-order valence-corrected chi connectivity index (χ3v) is 5.01. The van der Waals surface area contributed by atoms with E-state index in [1.54, 1.807) is 7.11 Å². The summed E-state index contributed by atoms with van der Waals surface area (Å²) >= 11 is 0. The van der Waals surface area contributed by atoms with Crippen molar-refractivity contribution in [1.29, 1.82) is 0 Å². The number of aromatic amines is 1. The molecule has 2 aromatic rings. The van der Waals surface area contributed by atoms with E-state index in [9.17, 15) is 9.59 Å². The van der Waals surface area contributed by atoms with E-state index in [0.29, 0.717) is 24.3 Å². The lowest BCUT2D eigenvalue weighted by Crippen LogP contribution is -2.49. The lowest BCUT2D eigenvalue weighted by atomic mass is 10.0. The van der Waals surface area contributed by atoms with Crippen LogP contribution < -0.4 is 10.1 Å². The van der Waals surface area contributed by atoms with E-state index in [4.69, 9.17) is 4.74 Å². The molecule has 1 aliphatic rings. The fourth-order valence-corrected chi connectivity index (χ4v) is 3.80. The first kappa shape index (κ1) is 18.2. The number of ketones is 1. The molecule has 0 bridgehead atoms. The van der Waals surface area contributed by atoms with Gasteiger partial charge in [0.15, 0.2) is 5.78 Å². The number of para-hydroxylation sites is 1. The molecule has 6 heteroatoms. The van der Waals surface area contributed by atoms with Gasteiger partial charge in [-0.2, -0.15) is 0 Å². The van der Waals surface area contributed by atoms with E-state index >= 15 is 0 Å². The van der Waals surface area contributed by atoms with Crippen LogP contribution in [0.15, 0.2) is 24.3 Å². The first-order chi connectivity index (χ1) is 12.5. The minimum Gasteiger partial charge on any atom is -0.496 e. The second-order valence-electron chi connectivity index (χ2n) is 6.64. The Morgan fingerprint density at radius 2 is 1.96 bits per heavy atom. The van der Waals surface area contributed by atoms with Crippen LogP contribution in [0.25, 0.3) is 0 Å². The third kappa shape index (κ3) is 3.12. The summed E-state index contributed by atoms with van der Waals surface area (Å²) in [7, 11) is 1.64. The number of ether oxygens (including phenoxy) is 1.